The number of allylic oxidation sites excluding steroid dienone is 2. The first-order chi connectivity index (χ1) is 16.2. The lowest BCUT2D eigenvalue weighted by Crippen LogP contribution is -2.23. The summed E-state index contributed by atoms with van der Waals surface area (Å²) in [7, 11) is 0. The molecule has 4 aromatic rings. The van der Waals surface area contributed by atoms with Crippen molar-refractivity contribution in [3.05, 3.63) is 120 Å². The molecule has 0 aromatic heterocycles. The fraction of sp³-hybridized carbons (Fsp3) is 0.194. The van der Waals surface area contributed by atoms with Gasteiger partial charge in [0.25, 0.3) is 0 Å². The molecular weight excluding hydrogens is 404 g/mol. The summed E-state index contributed by atoms with van der Waals surface area (Å²) < 4.78 is 6.08. The van der Waals surface area contributed by atoms with Crippen LogP contribution in [0.3, 0.4) is 0 Å². The largest absolute Gasteiger partial charge is 0.485 e. The molecule has 0 N–H and O–H groups in total. The van der Waals surface area contributed by atoms with Crippen LogP contribution in [0.4, 0.5) is 0 Å². The molecule has 0 bridgehead atoms. The van der Waals surface area contributed by atoms with Gasteiger partial charge in [0, 0.05) is 17.2 Å². The van der Waals surface area contributed by atoms with Gasteiger partial charge in [-0.1, -0.05) is 104 Å². The van der Waals surface area contributed by atoms with E-state index in [1.807, 2.05) is 36.4 Å². The van der Waals surface area contributed by atoms with Crippen molar-refractivity contribution in [1.82, 2.24) is 0 Å². The fourth-order valence-electron chi connectivity index (χ4n) is 4.84. The highest BCUT2D eigenvalue weighted by Crippen LogP contribution is 2.43. The van der Waals surface area contributed by atoms with Gasteiger partial charge in [0.15, 0.2) is 5.78 Å². The number of hydrogen-bond acceptors (Lipinski definition) is 2. The van der Waals surface area contributed by atoms with Crippen molar-refractivity contribution in [3.8, 4) is 5.75 Å². The summed E-state index contributed by atoms with van der Waals surface area (Å²) in [6.07, 6.45) is 4.04. The van der Waals surface area contributed by atoms with Crippen molar-refractivity contribution in [2.24, 2.45) is 5.92 Å². The Labute approximate surface area is 195 Å². The summed E-state index contributed by atoms with van der Waals surface area (Å²) in [6, 6.07) is 33.2. The number of rotatable bonds is 7. The number of benzene rings is 4. The van der Waals surface area contributed by atoms with Gasteiger partial charge in [-0.25, -0.2) is 0 Å². The smallest absolute Gasteiger partial charge is 0.177 e. The predicted molar refractivity (Wildman–Crippen MR) is 136 cm³/mol. The maximum absolute atomic E-state index is 13.5. The fourth-order valence-corrected chi connectivity index (χ4v) is 4.84. The van der Waals surface area contributed by atoms with Gasteiger partial charge in [-0.15, -0.1) is 0 Å². The van der Waals surface area contributed by atoms with Gasteiger partial charge < -0.3 is 4.74 Å². The molecule has 0 fully saturated rings. The monoisotopic (exact) mass is 432 g/mol. The van der Waals surface area contributed by atoms with Gasteiger partial charge in [-0.05, 0) is 46.6 Å². The molecule has 0 aliphatic heterocycles. The third-order valence-corrected chi connectivity index (χ3v) is 6.71. The van der Waals surface area contributed by atoms with Gasteiger partial charge in [0.1, 0.15) is 12.4 Å². The molecule has 1 aliphatic rings. The van der Waals surface area contributed by atoms with E-state index in [4.69, 9.17) is 4.74 Å². The van der Waals surface area contributed by atoms with E-state index < -0.39 is 0 Å². The molecule has 2 unspecified atom stereocenters. The van der Waals surface area contributed by atoms with Crippen LogP contribution in [0.25, 0.3) is 16.3 Å². The van der Waals surface area contributed by atoms with Crippen LogP contribution in [0.15, 0.2) is 103 Å². The average Bonchev–Trinajstić information content (AvgIpc) is 3.33. The minimum absolute atomic E-state index is 0.0702. The van der Waals surface area contributed by atoms with Gasteiger partial charge in [-0.3, -0.25) is 4.79 Å². The Balaban J connectivity index is 1.41. The molecule has 0 amide bonds. The lowest BCUT2D eigenvalue weighted by atomic mass is 9.85. The van der Waals surface area contributed by atoms with E-state index in [0.29, 0.717) is 0 Å². The summed E-state index contributed by atoms with van der Waals surface area (Å²) >= 11 is 0. The Hall–Kier alpha value is -3.65. The summed E-state index contributed by atoms with van der Waals surface area (Å²) in [4.78, 5) is 13.5. The second-order valence-corrected chi connectivity index (χ2v) is 8.72. The van der Waals surface area contributed by atoms with E-state index >= 15 is 0 Å². The van der Waals surface area contributed by atoms with E-state index in [1.165, 1.54) is 22.3 Å². The Morgan fingerprint density at radius 2 is 1.58 bits per heavy atom. The zero-order chi connectivity index (χ0) is 22.6. The summed E-state index contributed by atoms with van der Waals surface area (Å²) in [5.74, 6) is 0.825. The SMILES string of the molecule is CCc1ccc(C2CC(c3ccccc3)=CC2C(=O)COc2cccc3ccccc23)cc1. The normalized spacial score (nSPS) is 17.7. The molecule has 2 nitrogen and oxygen atoms in total. The van der Waals surface area contributed by atoms with Crippen LogP contribution in [0, 0.1) is 5.92 Å². The number of fused-ring (bicyclic) bond motifs is 1. The lowest BCUT2D eigenvalue weighted by Gasteiger charge is -2.20. The Bertz CT molecular complexity index is 1280. The highest BCUT2D eigenvalue weighted by Gasteiger charge is 2.34. The number of carbonyl (C=O) groups excluding carboxylic acids is 1. The topological polar surface area (TPSA) is 26.3 Å². The first kappa shape index (κ1) is 21.2. The van der Waals surface area contributed by atoms with Crippen molar-refractivity contribution in [2.45, 2.75) is 25.7 Å². The van der Waals surface area contributed by atoms with Crippen LogP contribution in [0.1, 0.15) is 36.0 Å². The third kappa shape index (κ3) is 4.47. The quantitative estimate of drug-likeness (QED) is 0.308. The maximum Gasteiger partial charge on any atom is 0.177 e. The second-order valence-electron chi connectivity index (χ2n) is 8.72. The molecule has 5 rings (SSSR count). The van der Waals surface area contributed by atoms with Gasteiger partial charge in [0.05, 0.1) is 0 Å². The van der Waals surface area contributed by atoms with Crippen LogP contribution in [0.5, 0.6) is 5.75 Å². The Morgan fingerprint density at radius 1 is 0.848 bits per heavy atom. The minimum Gasteiger partial charge on any atom is -0.485 e. The third-order valence-electron chi connectivity index (χ3n) is 6.71. The zero-order valence-electron chi connectivity index (χ0n) is 18.9. The van der Waals surface area contributed by atoms with Gasteiger partial charge in [-0.2, -0.15) is 0 Å². The highest BCUT2D eigenvalue weighted by molar-refractivity contribution is 5.91. The van der Waals surface area contributed by atoms with Crippen LogP contribution >= 0.6 is 0 Å². The number of aryl methyl sites for hydroxylation is 1. The van der Waals surface area contributed by atoms with Gasteiger partial charge in [0.2, 0.25) is 0 Å². The summed E-state index contributed by atoms with van der Waals surface area (Å²) in [5.41, 5.74) is 4.97. The van der Waals surface area contributed by atoms with E-state index in [1.54, 1.807) is 0 Å². The van der Waals surface area contributed by atoms with Crippen LogP contribution in [0.2, 0.25) is 0 Å². The summed E-state index contributed by atoms with van der Waals surface area (Å²) in [5, 5.41) is 2.15. The van der Waals surface area contributed by atoms with Crippen molar-refractivity contribution < 1.29 is 9.53 Å². The molecule has 2 heteroatoms. The molecule has 0 saturated heterocycles. The van der Waals surface area contributed by atoms with Crippen LogP contribution in [-0.4, -0.2) is 12.4 Å². The molecular formula is C31H28O2. The van der Waals surface area contributed by atoms with Crippen molar-refractivity contribution >= 4 is 22.1 Å². The van der Waals surface area contributed by atoms with Crippen LogP contribution in [-0.2, 0) is 11.2 Å². The minimum atomic E-state index is -0.192. The average molecular weight is 433 g/mol. The number of carbonyl (C=O) groups is 1. The molecule has 1 aliphatic carbocycles. The number of hydrogen-bond donors (Lipinski definition) is 0. The molecule has 164 valence electrons. The standard InChI is InChI=1S/C31H28O2/c1-2-22-15-17-25(18-16-22)28-19-26(23-9-4-3-5-10-23)20-29(28)30(32)21-33-31-14-8-12-24-11-6-7-13-27(24)31/h3-18,20,28-29H,2,19,21H2,1H3. The molecule has 33 heavy (non-hydrogen) atoms. The Morgan fingerprint density at radius 3 is 2.36 bits per heavy atom. The highest BCUT2D eigenvalue weighted by atomic mass is 16.5. The maximum atomic E-state index is 13.5. The number of ketones is 1. The summed E-state index contributed by atoms with van der Waals surface area (Å²) in [6.45, 7) is 2.23. The molecule has 0 spiro atoms. The number of Topliss-reactive ketones (excluding diaryl/α,β-unsaturated/α-hetero) is 1. The van der Waals surface area contributed by atoms with Crippen molar-refractivity contribution in [2.75, 3.05) is 6.61 Å². The first-order valence-corrected chi connectivity index (χ1v) is 11.7. The van der Waals surface area contributed by atoms with E-state index in [2.05, 4.69) is 73.7 Å². The predicted octanol–water partition coefficient (Wildman–Crippen LogP) is 7.24. The van der Waals surface area contributed by atoms with Crippen molar-refractivity contribution in [1.29, 1.82) is 0 Å². The Kier molecular flexibility index (Phi) is 6.08. The zero-order valence-corrected chi connectivity index (χ0v) is 18.9. The van der Waals surface area contributed by atoms with Gasteiger partial charge >= 0.3 is 0 Å². The molecule has 0 heterocycles. The molecule has 0 radical (unpaired) electrons. The van der Waals surface area contributed by atoms with Crippen molar-refractivity contribution in [3.63, 3.8) is 0 Å². The van der Waals surface area contributed by atoms with Crippen LogP contribution < -0.4 is 4.74 Å². The first-order valence-electron chi connectivity index (χ1n) is 11.7. The molecule has 4 aromatic carbocycles. The van der Waals surface area contributed by atoms with E-state index in [-0.39, 0.29) is 24.2 Å². The lowest BCUT2D eigenvalue weighted by molar-refractivity contribution is -0.123. The van der Waals surface area contributed by atoms with E-state index in [9.17, 15) is 4.79 Å². The molecule has 2 atom stereocenters. The molecule has 0 saturated carbocycles. The second kappa shape index (κ2) is 9.46. The number of ether oxygens (including phenoxy) is 1. The van der Waals surface area contributed by atoms with E-state index in [0.717, 1.165) is 29.4 Å².